The van der Waals surface area contributed by atoms with Crippen molar-refractivity contribution >= 4 is 40.7 Å². The Labute approximate surface area is 214 Å². The Hall–Kier alpha value is -4.68. The van der Waals surface area contributed by atoms with E-state index in [0.717, 1.165) is 22.1 Å². The number of benzene rings is 1. The summed E-state index contributed by atoms with van der Waals surface area (Å²) in [5.41, 5.74) is 0.121. The van der Waals surface area contributed by atoms with E-state index in [1.165, 1.54) is 12.3 Å². The summed E-state index contributed by atoms with van der Waals surface area (Å²) in [6, 6.07) is 6.30. The molecule has 2 aromatic heterocycles. The van der Waals surface area contributed by atoms with Gasteiger partial charge in [-0.05, 0) is 35.7 Å². The van der Waals surface area contributed by atoms with Gasteiger partial charge in [0.1, 0.15) is 18.0 Å². The minimum atomic E-state index is -4.65. The number of urea groups is 1. The molecule has 4 amide bonds. The van der Waals surface area contributed by atoms with Crippen LogP contribution in [0.4, 0.5) is 40.8 Å². The van der Waals surface area contributed by atoms with E-state index in [9.17, 15) is 27.6 Å². The molecule has 5 rings (SSSR count). The number of carbonyl (C=O) groups is 3. The van der Waals surface area contributed by atoms with Gasteiger partial charge in [0.15, 0.2) is 11.6 Å². The fourth-order valence-electron chi connectivity index (χ4n) is 4.16. The van der Waals surface area contributed by atoms with Gasteiger partial charge in [0.2, 0.25) is 5.91 Å². The Kier molecular flexibility index (Phi) is 6.13. The minimum Gasteiger partial charge on any atom is -0.455 e. The first kappa shape index (κ1) is 25.0. The molecular weight excluding hydrogens is 505 g/mol. The lowest BCUT2D eigenvalue weighted by Gasteiger charge is -2.23. The summed E-state index contributed by atoms with van der Waals surface area (Å²) in [5.74, 6) is 0.278. The van der Waals surface area contributed by atoms with E-state index in [1.54, 1.807) is 18.2 Å². The zero-order valence-electron chi connectivity index (χ0n) is 20.2. The topological polar surface area (TPSA) is 117 Å². The van der Waals surface area contributed by atoms with E-state index >= 15 is 0 Å². The van der Waals surface area contributed by atoms with Crippen molar-refractivity contribution < 1.29 is 32.3 Å². The Morgan fingerprint density at radius 3 is 2.55 bits per heavy atom. The molecule has 10 nitrogen and oxygen atoms in total. The summed E-state index contributed by atoms with van der Waals surface area (Å²) >= 11 is 0. The van der Waals surface area contributed by atoms with Crippen molar-refractivity contribution in [3.05, 3.63) is 60.0 Å². The average Bonchev–Trinajstić information content (AvgIpc) is 3.17. The Morgan fingerprint density at radius 2 is 1.82 bits per heavy atom. The van der Waals surface area contributed by atoms with Crippen LogP contribution in [-0.4, -0.2) is 40.9 Å². The molecule has 1 aromatic carbocycles. The smallest absolute Gasteiger partial charge is 0.417 e. The first-order valence-electron chi connectivity index (χ1n) is 11.5. The Morgan fingerprint density at radius 1 is 1.03 bits per heavy atom. The Balaban J connectivity index is 1.45. The molecule has 2 aliphatic rings. The summed E-state index contributed by atoms with van der Waals surface area (Å²) in [6.45, 7) is 3.44. The number of fused-ring (bicyclic) bond motifs is 1. The molecule has 0 spiro atoms. The van der Waals surface area contributed by atoms with Gasteiger partial charge in [-0.3, -0.25) is 19.5 Å². The lowest BCUT2D eigenvalue weighted by atomic mass is 10.0. The summed E-state index contributed by atoms with van der Waals surface area (Å²) < 4.78 is 45.5. The standard InChI is InChI=1S/C25H21F3N6O4/c1-13(2)17-8-15(3-4-18(17)38-19-5-6-30-23-22(19)32-20(35)11-31-23)34-21(36)12-33(24(34)37)16-7-14(9-29-10-16)25(26,27)28/h3-10,13H,11-12H2,1-2H3,(H,30,31)(H,32,35). The second-order valence-corrected chi connectivity index (χ2v) is 8.94. The normalized spacial score (nSPS) is 15.5. The molecule has 1 fully saturated rings. The summed E-state index contributed by atoms with van der Waals surface area (Å²) in [5, 5.41) is 5.64. The first-order valence-corrected chi connectivity index (χ1v) is 11.5. The van der Waals surface area contributed by atoms with Crippen molar-refractivity contribution in [1.29, 1.82) is 0 Å². The quantitative estimate of drug-likeness (QED) is 0.461. The lowest BCUT2D eigenvalue weighted by Crippen LogP contribution is -2.33. The molecule has 0 unspecified atom stereocenters. The van der Waals surface area contributed by atoms with Crippen LogP contribution in [0.25, 0.3) is 0 Å². The van der Waals surface area contributed by atoms with E-state index in [2.05, 4.69) is 20.6 Å². The molecule has 0 saturated carbocycles. The van der Waals surface area contributed by atoms with Gasteiger partial charge in [0.05, 0.1) is 29.7 Å². The Bertz CT molecular complexity index is 1460. The van der Waals surface area contributed by atoms with E-state index < -0.39 is 30.2 Å². The predicted molar refractivity (Wildman–Crippen MR) is 131 cm³/mol. The van der Waals surface area contributed by atoms with Gasteiger partial charge in [-0.1, -0.05) is 13.8 Å². The lowest BCUT2D eigenvalue weighted by molar-refractivity contribution is -0.137. The monoisotopic (exact) mass is 526 g/mol. The van der Waals surface area contributed by atoms with Crippen LogP contribution in [0.1, 0.15) is 30.9 Å². The number of aromatic nitrogens is 2. The third-order valence-corrected chi connectivity index (χ3v) is 6.01. The SMILES string of the molecule is CC(C)c1cc(N2C(=O)CN(c3cncc(C(F)(F)F)c3)C2=O)ccc1Oc1ccnc2c1NC(=O)CN2. The van der Waals surface area contributed by atoms with Gasteiger partial charge >= 0.3 is 12.2 Å². The molecule has 0 atom stereocenters. The molecule has 2 N–H and O–H groups in total. The number of carbonyl (C=O) groups excluding carboxylic acids is 3. The van der Waals surface area contributed by atoms with Crippen LogP contribution < -0.4 is 25.2 Å². The second kappa shape index (κ2) is 9.32. The highest BCUT2D eigenvalue weighted by molar-refractivity contribution is 6.27. The minimum absolute atomic E-state index is 0.0842. The van der Waals surface area contributed by atoms with Crippen molar-refractivity contribution in [2.24, 2.45) is 0 Å². The number of rotatable bonds is 5. The summed E-state index contributed by atoms with van der Waals surface area (Å²) in [6.07, 6.45) is -1.37. The maximum Gasteiger partial charge on any atom is 0.417 e. The molecule has 0 radical (unpaired) electrons. The van der Waals surface area contributed by atoms with Crippen LogP contribution in [0, 0.1) is 0 Å². The van der Waals surface area contributed by atoms with Crippen LogP contribution >= 0.6 is 0 Å². The van der Waals surface area contributed by atoms with Gasteiger partial charge in [-0.2, -0.15) is 13.2 Å². The summed E-state index contributed by atoms with van der Waals surface area (Å²) in [7, 11) is 0. The predicted octanol–water partition coefficient (Wildman–Crippen LogP) is 4.75. The number of alkyl halides is 3. The highest BCUT2D eigenvalue weighted by atomic mass is 19.4. The van der Waals surface area contributed by atoms with Gasteiger partial charge in [0, 0.05) is 18.5 Å². The number of amides is 4. The van der Waals surface area contributed by atoms with Crippen molar-refractivity contribution in [3.63, 3.8) is 0 Å². The molecule has 0 bridgehead atoms. The third kappa shape index (κ3) is 4.58. The zero-order chi connectivity index (χ0) is 27.2. The maximum atomic E-state index is 13.2. The molecule has 2 aliphatic heterocycles. The molecule has 4 heterocycles. The number of hydrogen-bond acceptors (Lipinski definition) is 7. The first-order chi connectivity index (χ1) is 18.0. The molecule has 0 aliphatic carbocycles. The van der Waals surface area contributed by atoms with Crippen molar-refractivity contribution in [3.8, 4) is 11.5 Å². The number of nitrogens with one attached hydrogen (secondary N) is 2. The molecular formula is C25H21F3N6O4. The van der Waals surface area contributed by atoms with E-state index in [0.29, 0.717) is 34.8 Å². The van der Waals surface area contributed by atoms with Gasteiger partial charge in [-0.25, -0.2) is 14.7 Å². The number of nitrogens with zero attached hydrogens (tertiary/aromatic N) is 4. The molecule has 38 heavy (non-hydrogen) atoms. The van der Waals surface area contributed by atoms with Crippen LogP contribution in [0.3, 0.4) is 0 Å². The van der Waals surface area contributed by atoms with Crippen molar-refractivity contribution in [1.82, 2.24) is 9.97 Å². The van der Waals surface area contributed by atoms with E-state index in [-0.39, 0.29) is 29.7 Å². The van der Waals surface area contributed by atoms with Gasteiger partial charge < -0.3 is 15.4 Å². The number of halogens is 3. The van der Waals surface area contributed by atoms with Crippen LogP contribution in [0.5, 0.6) is 11.5 Å². The van der Waals surface area contributed by atoms with E-state index in [4.69, 9.17) is 4.74 Å². The number of ether oxygens (including phenoxy) is 1. The highest BCUT2D eigenvalue weighted by Crippen LogP contribution is 2.40. The number of hydrogen-bond donors (Lipinski definition) is 2. The maximum absolute atomic E-state index is 13.2. The zero-order valence-corrected chi connectivity index (χ0v) is 20.2. The molecule has 3 aromatic rings. The fraction of sp³-hybridized carbons (Fsp3) is 0.240. The van der Waals surface area contributed by atoms with Gasteiger partial charge in [0.25, 0.3) is 5.91 Å². The third-order valence-electron chi connectivity index (χ3n) is 6.01. The molecule has 1 saturated heterocycles. The van der Waals surface area contributed by atoms with Crippen LogP contribution in [-0.2, 0) is 15.8 Å². The molecule has 196 valence electrons. The molecule has 13 heteroatoms. The number of imide groups is 1. The van der Waals surface area contributed by atoms with Crippen molar-refractivity contribution in [2.75, 3.05) is 33.5 Å². The highest BCUT2D eigenvalue weighted by Gasteiger charge is 2.40. The van der Waals surface area contributed by atoms with Gasteiger partial charge in [-0.15, -0.1) is 0 Å². The second-order valence-electron chi connectivity index (χ2n) is 8.94. The number of anilines is 4. The average molecular weight is 526 g/mol. The van der Waals surface area contributed by atoms with Crippen LogP contribution in [0.15, 0.2) is 48.9 Å². The fourth-order valence-corrected chi connectivity index (χ4v) is 4.16. The van der Waals surface area contributed by atoms with E-state index in [1.807, 2.05) is 13.8 Å². The largest absolute Gasteiger partial charge is 0.455 e. The van der Waals surface area contributed by atoms with Crippen LogP contribution in [0.2, 0.25) is 0 Å². The number of pyridine rings is 2. The van der Waals surface area contributed by atoms with Crippen molar-refractivity contribution in [2.45, 2.75) is 25.9 Å². The summed E-state index contributed by atoms with van der Waals surface area (Å²) in [4.78, 5) is 47.5.